The molecule has 0 unspecified atom stereocenters. The first-order valence-electron chi connectivity index (χ1n) is 7.47. The first kappa shape index (κ1) is 16.3. The normalized spacial score (nSPS) is 16.5. The highest BCUT2D eigenvalue weighted by molar-refractivity contribution is 5.80. The van der Waals surface area contributed by atoms with Crippen molar-refractivity contribution in [1.82, 2.24) is 0 Å². The molecule has 22 heavy (non-hydrogen) atoms. The molecule has 0 bridgehead atoms. The van der Waals surface area contributed by atoms with Crippen molar-refractivity contribution in [1.29, 1.82) is 0 Å². The standard InChI is InChI=1S/C17H22O5/c1-11(13-6-4-5-7-14(13)20-2)10-15(18)22-16(12-8-9-12)17(19)21-3/h4-7,11-12,16H,8-10H2,1-3H3/t11-,16-/m0/s1. The van der Waals surface area contributed by atoms with Crippen molar-refractivity contribution < 1.29 is 23.8 Å². The number of hydrogen-bond acceptors (Lipinski definition) is 5. The van der Waals surface area contributed by atoms with Gasteiger partial charge in [0.15, 0.2) is 0 Å². The molecule has 0 radical (unpaired) electrons. The molecule has 1 aliphatic carbocycles. The van der Waals surface area contributed by atoms with Crippen LogP contribution >= 0.6 is 0 Å². The molecule has 1 saturated carbocycles. The van der Waals surface area contributed by atoms with Crippen molar-refractivity contribution >= 4 is 11.9 Å². The summed E-state index contributed by atoms with van der Waals surface area (Å²) in [6, 6.07) is 7.57. The summed E-state index contributed by atoms with van der Waals surface area (Å²) in [5.41, 5.74) is 0.947. The quantitative estimate of drug-likeness (QED) is 0.725. The van der Waals surface area contributed by atoms with Gasteiger partial charge < -0.3 is 14.2 Å². The van der Waals surface area contributed by atoms with Gasteiger partial charge in [0.1, 0.15) is 5.75 Å². The van der Waals surface area contributed by atoms with Gasteiger partial charge in [0.25, 0.3) is 0 Å². The molecule has 2 atom stereocenters. The molecule has 0 N–H and O–H groups in total. The van der Waals surface area contributed by atoms with Gasteiger partial charge in [0.2, 0.25) is 6.10 Å². The molecule has 0 heterocycles. The summed E-state index contributed by atoms with van der Waals surface area (Å²) in [4.78, 5) is 23.8. The van der Waals surface area contributed by atoms with Crippen LogP contribution in [0.25, 0.3) is 0 Å². The minimum absolute atomic E-state index is 0.0545. The first-order chi connectivity index (χ1) is 10.6. The third-order valence-electron chi connectivity index (χ3n) is 3.88. The second kappa shape index (κ2) is 7.29. The second-order valence-corrected chi connectivity index (χ2v) is 5.62. The SMILES string of the molecule is COC(=O)[C@@H](OC(=O)C[C@H](C)c1ccccc1OC)C1CC1. The fraction of sp³-hybridized carbons (Fsp3) is 0.529. The minimum Gasteiger partial charge on any atom is -0.496 e. The molecule has 1 aliphatic rings. The summed E-state index contributed by atoms with van der Waals surface area (Å²) < 4.78 is 15.3. The van der Waals surface area contributed by atoms with Gasteiger partial charge in [-0.3, -0.25) is 4.79 Å². The molecule has 120 valence electrons. The minimum atomic E-state index is -0.762. The third kappa shape index (κ3) is 4.00. The van der Waals surface area contributed by atoms with Gasteiger partial charge in [-0.15, -0.1) is 0 Å². The van der Waals surface area contributed by atoms with Crippen LogP contribution in [0.1, 0.15) is 37.7 Å². The van der Waals surface area contributed by atoms with Gasteiger partial charge in [-0.1, -0.05) is 25.1 Å². The summed E-state index contributed by atoms with van der Waals surface area (Å²) in [6.07, 6.45) is 1.23. The summed E-state index contributed by atoms with van der Waals surface area (Å²) in [5, 5.41) is 0. The van der Waals surface area contributed by atoms with E-state index in [1.54, 1.807) is 7.11 Å². The Bertz CT molecular complexity index is 536. The molecule has 5 heteroatoms. The van der Waals surface area contributed by atoms with E-state index in [9.17, 15) is 9.59 Å². The van der Waals surface area contributed by atoms with Crippen LogP contribution in [0, 0.1) is 5.92 Å². The van der Waals surface area contributed by atoms with Crippen LogP contribution in [0.4, 0.5) is 0 Å². The van der Waals surface area contributed by atoms with Gasteiger partial charge in [0.05, 0.1) is 20.6 Å². The van der Waals surface area contributed by atoms with Crippen molar-refractivity contribution in [3.05, 3.63) is 29.8 Å². The van der Waals surface area contributed by atoms with Crippen LogP contribution in [0.5, 0.6) is 5.75 Å². The fourth-order valence-corrected chi connectivity index (χ4v) is 2.48. The van der Waals surface area contributed by atoms with Gasteiger partial charge in [-0.25, -0.2) is 4.79 Å². The largest absolute Gasteiger partial charge is 0.496 e. The smallest absolute Gasteiger partial charge is 0.347 e. The number of para-hydroxylation sites is 1. The summed E-state index contributed by atoms with van der Waals surface area (Å²) in [7, 11) is 2.91. The topological polar surface area (TPSA) is 61.8 Å². The van der Waals surface area contributed by atoms with Crippen molar-refractivity contribution in [2.45, 2.75) is 38.2 Å². The van der Waals surface area contributed by atoms with E-state index in [1.165, 1.54) is 7.11 Å². The lowest BCUT2D eigenvalue weighted by Crippen LogP contribution is -2.30. The molecule has 0 amide bonds. The lowest BCUT2D eigenvalue weighted by atomic mass is 9.97. The Labute approximate surface area is 130 Å². The number of esters is 2. The monoisotopic (exact) mass is 306 g/mol. The Hall–Kier alpha value is -2.04. The first-order valence-corrected chi connectivity index (χ1v) is 7.47. The molecule has 1 aromatic carbocycles. The number of rotatable bonds is 7. The maximum Gasteiger partial charge on any atom is 0.347 e. The molecule has 1 fully saturated rings. The molecule has 5 nitrogen and oxygen atoms in total. The Morgan fingerprint density at radius 1 is 1.23 bits per heavy atom. The van der Waals surface area contributed by atoms with E-state index >= 15 is 0 Å². The highest BCUT2D eigenvalue weighted by Gasteiger charge is 2.40. The highest BCUT2D eigenvalue weighted by atomic mass is 16.6. The molecule has 0 aliphatic heterocycles. The van der Waals surface area contributed by atoms with E-state index in [0.29, 0.717) is 0 Å². The Balaban J connectivity index is 1.97. The summed E-state index contributed by atoms with van der Waals surface area (Å²) >= 11 is 0. The zero-order valence-corrected chi connectivity index (χ0v) is 13.2. The number of methoxy groups -OCH3 is 2. The average molecular weight is 306 g/mol. The van der Waals surface area contributed by atoms with Crippen molar-refractivity contribution in [3.63, 3.8) is 0 Å². The van der Waals surface area contributed by atoms with E-state index in [1.807, 2.05) is 31.2 Å². The van der Waals surface area contributed by atoms with Gasteiger partial charge in [-0.05, 0) is 30.4 Å². The third-order valence-corrected chi connectivity index (χ3v) is 3.88. The predicted molar refractivity (Wildman–Crippen MR) is 80.6 cm³/mol. The van der Waals surface area contributed by atoms with Crippen LogP contribution in [-0.2, 0) is 19.1 Å². The number of benzene rings is 1. The molecule has 1 aromatic rings. The fourth-order valence-electron chi connectivity index (χ4n) is 2.48. The van der Waals surface area contributed by atoms with E-state index in [0.717, 1.165) is 24.2 Å². The van der Waals surface area contributed by atoms with Crippen molar-refractivity contribution in [3.8, 4) is 5.75 Å². The number of ether oxygens (including phenoxy) is 3. The van der Waals surface area contributed by atoms with Gasteiger partial charge in [0, 0.05) is 5.92 Å². The van der Waals surface area contributed by atoms with Crippen molar-refractivity contribution in [2.75, 3.05) is 14.2 Å². The average Bonchev–Trinajstić information content (AvgIpc) is 3.36. The van der Waals surface area contributed by atoms with Crippen molar-refractivity contribution in [2.24, 2.45) is 5.92 Å². The second-order valence-electron chi connectivity index (χ2n) is 5.62. The Morgan fingerprint density at radius 2 is 1.91 bits per heavy atom. The van der Waals surface area contributed by atoms with Crippen LogP contribution < -0.4 is 4.74 Å². The molecule has 0 saturated heterocycles. The number of carbonyl (C=O) groups excluding carboxylic acids is 2. The van der Waals surface area contributed by atoms with E-state index in [-0.39, 0.29) is 24.2 Å². The van der Waals surface area contributed by atoms with E-state index < -0.39 is 12.1 Å². The molecular formula is C17H22O5. The zero-order valence-electron chi connectivity index (χ0n) is 13.2. The van der Waals surface area contributed by atoms with E-state index in [4.69, 9.17) is 14.2 Å². The van der Waals surface area contributed by atoms with Crippen LogP contribution in [0.15, 0.2) is 24.3 Å². The maximum absolute atomic E-state index is 12.1. The number of carbonyl (C=O) groups is 2. The van der Waals surface area contributed by atoms with Crippen LogP contribution in [-0.4, -0.2) is 32.3 Å². The molecular weight excluding hydrogens is 284 g/mol. The number of hydrogen-bond donors (Lipinski definition) is 0. The molecule has 2 rings (SSSR count). The lowest BCUT2D eigenvalue weighted by Gasteiger charge is -2.18. The summed E-state index contributed by atoms with van der Waals surface area (Å²) in [5.74, 6) is -0.0601. The van der Waals surface area contributed by atoms with Crippen LogP contribution in [0.2, 0.25) is 0 Å². The predicted octanol–water partition coefficient (Wildman–Crippen LogP) is 2.68. The van der Waals surface area contributed by atoms with Gasteiger partial charge >= 0.3 is 11.9 Å². The Kier molecular flexibility index (Phi) is 5.41. The summed E-state index contributed by atoms with van der Waals surface area (Å²) in [6.45, 7) is 1.93. The molecule has 0 aromatic heterocycles. The maximum atomic E-state index is 12.1. The Morgan fingerprint density at radius 3 is 2.50 bits per heavy atom. The van der Waals surface area contributed by atoms with Crippen LogP contribution in [0.3, 0.4) is 0 Å². The lowest BCUT2D eigenvalue weighted by molar-refractivity contribution is -0.167. The van der Waals surface area contributed by atoms with E-state index in [2.05, 4.69) is 0 Å². The molecule has 0 spiro atoms. The highest BCUT2D eigenvalue weighted by Crippen LogP contribution is 2.36. The zero-order chi connectivity index (χ0) is 16.1. The van der Waals surface area contributed by atoms with Gasteiger partial charge in [-0.2, -0.15) is 0 Å².